The summed E-state index contributed by atoms with van der Waals surface area (Å²) in [5, 5.41) is 6.52. The van der Waals surface area contributed by atoms with E-state index in [2.05, 4.69) is 10.5 Å². The van der Waals surface area contributed by atoms with Crippen LogP contribution < -0.4 is 19.5 Å². The Kier molecular flexibility index (Phi) is 7.33. The molecule has 0 bridgehead atoms. The van der Waals surface area contributed by atoms with Gasteiger partial charge in [0.25, 0.3) is 5.91 Å². The second-order valence-corrected chi connectivity index (χ2v) is 6.81. The van der Waals surface area contributed by atoms with Gasteiger partial charge in [0.05, 0.1) is 36.7 Å². The summed E-state index contributed by atoms with van der Waals surface area (Å²) >= 11 is 0. The number of aromatic nitrogens is 1. The molecular weight excluding hydrogens is 416 g/mol. The van der Waals surface area contributed by atoms with E-state index in [0.29, 0.717) is 28.7 Å². The van der Waals surface area contributed by atoms with Crippen molar-refractivity contribution in [3.8, 4) is 17.2 Å². The number of rotatable bonds is 9. The van der Waals surface area contributed by atoms with Crippen LogP contribution in [-0.2, 0) is 16.1 Å². The van der Waals surface area contributed by atoms with Crippen LogP contribution in [0.25, 0.3) is 0 Å². The molecular formula is C23H24N2O7. The molecule has 1 heterocycles. The number of methoxy groups -OCH3 is 2. The van der Waals surface area contributed by atoms with Crippen LogP contribution in [0.4, 0.5) is 5.69 Å². The van der Waals surface area contributed by atoms with E-state index >= 15 is 0 Å². The van der Waals surface area contributed by atoms with Gasteiger partial charge in [0.2, 0.25) is 0 Å². The van der Waals surface area contributed by atoms with Gasteiger partial charge >= 0.3 is 5.97 Å². The second-order valence-electron chi connectivity index (χ2n) is 6.81. The third kappa shape index (κ3) is 5.57. The van der Waals surface area contributed by atoms with Crippen molar-refractivity contribution in [3.05, 3.63) is 65.0 Å². The molecule has 0 saturated heterocycles. The van der Waals surface area contributed by atoms with Crippen LogP contribution >= 0.6 is 0 Å². The predicted octanol–water partition coefficient (Wildman–Crippen LogP) is 3.68. The van der Waals surface area contributed by atoms with Gasteiger partial charge in [-0.1, -0.05) is 11.2 Å². The van der Waals surface area contributed by atoms with Crippen LogP contribution in [0, 0.1) is 13.8 Å². The quantitative estimate of drug-likeness (QED) is 0.502. The molecule has 0 aliphatic carbocycles. The van der Waals surface area contributed by atoms with E-state index in [0.717, 1.165) is 11.3 Å². The molecule has 0 radical (unpaired) electrons. The molecule has 0 atom stereocenters. The SMILES string of the molecule is COc1ccc(OC)c(NC(=O)COC(=O)c2cccc(OCc3c(C)noc3C)c2)c1. The van der Waals surface area contributed by atoms with E-state index in [4.69, 9.17) is 23.5 Å². The monoisotopic (exact) mass is 440 g/mol. The number of esters is 1. The number of aryl methyl sites for hydroxylation is 2. The van der Waals surface area contributed by atoms with Gasteiger partial charge in [0.1, 0.15) is 29.6 Å². The molecule has 0 aliphatic heterocycles. The van der Waals surface area contributed by atoms with Gasteiger partial charge < -0.3 is 28.8 Å². The zero-order valence-electron chi connectivity index (χ0n) is 18.3. The zero-order chi connectivity index (χ0) is 23.1. The summed E-state index contributed by atoms with van der Waals surface area (Å²) in [5.74, 6) is 0.984. The Morgan fingerprint density at radius 3 is 2.53 bits per heavy atom. The Bertz CT molecular complexity index is 1090. The smallest absolute Gasteiger partial charge is 0.338 e. The molecule has 9 heteroatoms. The first-order chi connectivity index (χ1) is 15.4. The van der Waals surface area contributed by atoms with E-state index < -0.39 is 18.5 Å². The maximum atomic E-state index is 12.4. The lowest BCUT2D eigenvalue weighted by Gasteiger charge is -2.12. The van der Waals surface area contributed by atoms with E-state index in [-0.39, 0.29) is 12.2 Å². The summed E-state index contributed by atoms with van der Waals surface area (Å²) in [7, 11) is 3.00. The number of nitrogens with one attached hydrogen (secondary N) is 1. The highest BCUT2D eigenvalue weighted by molar-refractivity contribution is 5.96. The zero-order valence-corrected chi connectivity index (χ0v) is 18.3. The van der Waals surface area contributed by atoms with Crippen molar-refractivity contribution in [1.29, 1.82) is 0 Å². The third-order valence-electron chi connectivity index (χ3n) is 4.65. The van der Waals surface area contributed by atoms with Crippen molar-refractivity contribution in [2.45, 2.75) is 20.5 Å². The summed E-state index contributed by atoms with van der Waals surface area (Å²) in [6.45, 7) is 3.42. The molecule has 3 rings (SSSR count). The molecule has 0 saturated carbocycles. The molecule has 9 nitrogen and oxygen atoms in total. The molecule has 3 aromatic rings. The van der Waals surface area contributed by atoms with Crippen LogP contribution in [0.2, 0.25) is 0 Å². The highest BCUT2D eigenvalue weighted by atomic mass is 16.5. The number of ether oxygens (including phenoxy) is 4. The molecule has 168 valence electrons. The minimum Gasteiger partial charge on any atom is -0.497 e. The number of nitrogens with zero attached hydrogens (tertiary/aromatic N) is 1. The van der Waals surface area contributed by atoms with Crippen LogP contribution in [-0.4, -0.2) is 37.9 Å². The van der Waals surface area contributed by atoms with E-state index in [1.165, 1.54) is 14.2 Å². The minimum atomic E-state index is -0.652. The van der Waals surface area contributed by atoms with Crippen LogP contribution in [0.3, 0.4) is 0 Å². The number of carbonyl (C=O) groups excluding carboxylic acids is 2. The average Bonchev–Trinajstić information content (AvgIpc) is 3.13. The Morgan fingerprint density at radius 2 is 1.84 bits per heavy atom. The first kappa shape index (κ1) is 22.7. The van der Waals surface area contributed by atoms with Gasteiger partial charge in [-0.3, -0.25) is 4.79 Å². The number of carbonyl (C=O) groups is 2. The topological polar surface area (TPSA) is 109 Å². The van der Waals surface area contributed by atoms with E-state index in [1.54, 1.807) is 49.4 Å². The van der Waals surface area contributed by atoms with Crippen LogP contribution in [0.1, 0.15) is 27.4 Å². The fourth-order valence-corrected chi connectivity index (χ4v) is 2.89. The fourth-order valence-electron chi connectivity index (χ4n) is 2.89. The Hall–Kier alpha value is -4.01. The predicted molar refractivity (Wildman–Crippen MR) is 115 cm³/mol. The van der Waals surface area contributed by atoms with Crippen molar-refractivity contribution in [2.24, 2.45) is 0 Å². The molecule has 1 amide bonds. The third-order valence-corrected chi connectivity index (χ3v) is 4.65. The first-order valence-electron chi connectivity index (χ1n) is 9.75. The van der Waals surface area contributed by atoms with Gasteiger partial charge in [0.15, 0.2) is 6.61 Å². The van der Waals surface area contributed by atoms with Gasteiger partial charge in [-0.05, 0) is 44.2 Å². The molecule has 2 aromatic carbocycles. The van der Waals surface area contributed by atoms with Crippen molar-refractivity contribution in [2.75, 3.05) is 26.1 Å². The number of hydrogen-bond acceptors (Lipinski definition) is 8. The van der Waals surface area contributed by atoms with Crippen LogP contribution in [0.15, 0.2) is 47.0 Å². The molecule has 1 N–H and O–H groups in total. The number of amides is 1. The molecule has 32 heavy (non-hydrogen) atoms. The number of hydrogen-bond donors (Lipinski definition) is 1. The average molecular weight is 440 g/mol. The largest absolute Gasteiger partial charge is 0.497 e. The summed E-state index contributed by atoms with van der Waals surface area (Å²) in [6.07, 6.45) is 0. The molecule has 0 unspecified atom stereocenters. The maximum absolute atomic E-state index is 12.4. The number of anilines is 1. The fraction of sp³-hybridized carbons (Fsp3) is 0.261. The second kappa shape index (κ2) is 10.3. The van der Waals surface area contributed by atoms with Crippen molar-refractivity contribution in [1.82, 2.24) is 5.16 Å². The van der Waals surface area contributed by atoms with Gasteiger partial charge in [-0.15, -0.1) is 0 Å². The van der Waals surface area contributed by atoms with Crippen molar-refractivity contribution >= 4 is 17.6 Å². The summed E-state index contributed by atoms with van der Waals surface area (Å²) in [6, 6.07) is 11.5. The first-order valence-corrected chi connectivity index (χ1v) is 9.75. The Balaban J connectivity index is 1.57. The van der Waals surface area contributed by atoms with Crippen molar-refractivity contribution in [3.63, 3.8) is 0 Å². The van der Waals surface area contributed by atoms with Gasteiger partial charge in [-0.25, -0.2) is 4.79 Å². The molecule has 1 aromatic heterocycles. The lowest BCUT2D eigenvalue weighted by Crippen LogP contribution is -2.21. The van der Waals surface area contributed by atoms with E-state index in [9.17, 15) is 9.59 Å². The highest BCUT2D eigenvalue weighted by Crippen LogP contribution is 2.28. The molecule has 0 spiro atoms. The minimum absolute atomic E-state index is 0.254. The lowest BCUT2D eigenvalue weighted by atomic mass is 10.2. The lowest BCUT2D eigenvalue weighted by molar-refractivity contribution is -0.119. The van der Waals surface area contributed by atoms with Gasteiger partial charge in [-0.2, -0.15) is 0 Å². The molecule has 0 aliphatic rings. The number of benzene rings is 2. The summed E-state index contributed by atoms with van der Waals surface area (Å²) in [5.41, 5.74) is 2.26. The summed E-state index contributed by atoms with van der Waals surface area (Å²) in [4.78, 5) is 24.6. The standard InChI is InChI=1S/C23H24N2O7/c1-14-19(15(2)32-25-14)12-30-18-7-5-6-16(10-18)23(27)31-13-22(26)24-20-11-17(28-3)8-9-21(20)29-4/h5-11H,12-13H2,1-4H3,(H,24,26). The summed E-state index contributed by atoms with van der Waals surface area (Å²) < 4.78 is 26.4. The van der Waals surface area contributed by atoms with Gasteiger partial charge in [0, 0.05) is 6.07 Å². The van der Waals surface area contributed by atoms with Crippen molar-refractivity contribution < 1.29 is 33.1 Å². The molecule has 0 fully saturated rings. The highest BCUT2D eigenvalue weighted by Gasteiger charge is 2.14. The maximum Gasteiger partial charge on any atom is 0.338 e. The normalized spacial score (nSPS) is 10.4. The van der Waals surface area contributed by atoms with E-state index in [1.807, 2.05) is 6.92 Å². The Morgan fingerprint density at radius 1 is 1.03 bits per heavy atom. The van der Waals surface area contributed by atoms with Crippen LogP contribution in [0.5, 0.6) is 17.2 Å². The Labute approximate surface area is 185 Å².